The first-order valence-corrected chi connectivity index (χ1v) is 6.52. The second kappa shape index (κ2) is 4.98. The zero-order chi connectivity index (χ0) is 14.1. The molecule has 0 aliphatic rings. The fourth-order valence-corrected chi connectivity index (χ4v) is 2.20. The number of aryl methyl sites for hydroxylation is 1. The van der Waals surface area contributed by atoms with Crippen LogP contribution in [0.1, 0.15) is 16.1 Å². The number of hydrogen-bond acceptors (Lipinski definition) is 2. The number of aromatic amines is 1. The van der Waals surface area contributed by atoms with E-state index in [1.807, 2.05) is 25.1 Å². The van der Waals surface area contributed by atoms with Crippen molar-refractivity contribution in [2.24, 2.45) is 0 Å². The summed E-state index contributed by atoms with van der Waals surface area (Å²) in [6.45, 7) is 1.94. The Labute approximate surface area is 120 Å². The molecule has 0 fully saturated rings. The second-order valence-electron chi connectivity index (χ2n) is 4.56. The van der Waals surface area contributed by atoms with E-state index in [9.17, 15) is 4.79 Å². The minimum atomic E-state index is -0.242. The number of nitrogens with zero attached hydrogens (tertiary/aromatic N) is 1. The highest BCUT2D eigenvalue weighted by Crippen LogP contribution is 2.24. The van der Waals surface area contributed by atoms with Crippen LogP contribution >= 0.6 is 11.6 Å². The number of carbonyl (C=O) groups is 1. The van der Waals surface area contributed by atoms with Crippen LogP contribution in [0.25, 0.3) is 10.9 Å². The first-order valence-electron chi connectivity index (χ1n) is 6.15. The third-order valence-electron chi connectivity index (χ3n) is 3.01. The lowest BCUT2D eigenvalue weighted by molar-refractivity contribution is 0.102. The van der Waals surface area contributed by atoms with Crippen molar-refractivity contribution >= 4 is 34.2 Å². The molecular formula is C15H12ClN3O. The zero-order valence-corrected chi connectivity index (χ0v) is 11.5. The molecule has 5 heteroatoms. The molecule has 1 amide bonds. The van der Waals surface area contributed by atoms with E-state index in [1.165, 1.54) is 0 Å². The monoisotopic (exact) mass is 285 g/mol. The number of nitrogens with one attached hydrogen (secondary N) is 2. The summed E-state index contributed by atoms with van der Waals surface area (Å²) in [5, 5.41) is 4.19. The highest BCUT2D eigenvalue weighted by molar-refractivity contribution is 6.35. The van der Waals surface area contributed by atoms with E-state index in [1.54, 1.807) is 24.4 Å². The number of amides is 1. The zero-order valence-electron chi connectivity index (χ0n) is 10.8. The highest BCUT2D eigenvalue weighted by Gasteiger charge is 2.11. The lowest BCUT2D eigenvalue weighted by Gasteiger charge is -2.02. The third kappa shape index (κ3) is 2.38. The maximum absolute atomic E-state index is 12.2. The average molecular weight is 286 g/mol. The van der Waals surface area contributed by atoms with E-state index < -0.39 is 0 Å². The van der Waals surface area contributed by atoms with Crippen LogP contribution in [0.2, 0.25) is 5.02 Å². The van der Waals surface area contributed by atoms with E-state index in [4.69, 9.17) is 11.6 Å². The van der Waals surface area contributed by atoms with Crippen molar-refractivity contribution in [2.45, 2.75) is 6.92 Å². The number of benzene rings is 1. The number of anilines is 1. The van der Waals surface area contributed by atoms with Crippen LogP contribution in [-0.2, 0) is 0 Å². The molecule has 20 heavy (non-hydrogen) atoms. The minimum Gasteiger partial charge on any atom is -0.350 e. The van der Waals surface area contributed by atoms with Gasteiger partial charge >= 0.3 is 0 Å². The van der Waals surface area contributed by atoms with Crippen LogP contribution in [0.15, 0.2) is 42.6 Å². The second-order valence-corrected chi connectivity index (χ2v) is 4.97. The SMILES string of the molecule is Cc1ccc(NC(=O)c2cc3c(Cl)cccc3[nH]2)nc1. The number of halogens is 1. The normalized spacial score (nSPS) is 10.7. The Morgan fingerprint density at radius 3 is 2.85 bits per heavy atom. The van der Waals surface area contributed by atoms with Gasteiger partial charge in [-0.3, -0.25) is 4.79 Å². The number of pyridine rings is 1. The van der Waals surface area contributed by atoms with E-state index in [2.05, 4.69) is 15.3 Å². The van der Waals surface area contributed by atoms with Crippen molar-refractivity contribution in [3.63, 3.8) is 0 Å². The highest BCUT2D eigenvalue weighted by atomic mass is 35.5. The summed E-state index contributed by atoms with van der Waals surface area (Å²) >= 11 is 6.09. The van der Waals surface area contributed by atoms with Crippen LogP contribution in [-0.4, -0.2) is 15.9 Å². The van der Waals surface area contributed by atoms with E-state index in [0.717, 1.165) is 16.5 Å². The lowest BCUT2D eigenvalue weighted by atomic mass is 10.2. The molecule has 2 N–H and O–H groups in total. The predicted molar refractivity (Wildman–Crippen MR) is 80.2 cm³/mol. The molecule has 0 saturated carbocycles. The molecule has 1 aromatic carbocycles. The summed E-state index contributed by atoms with van der Waals surface area (Å²) in [7, 11) is 0. The van der Waals surface area contributed by atoms with Gasteiger partial charge in [-0.1, -0.05) is 23.7 Å². The Bertz CT molecular complexity index is 777. The smallest absolute Gasteiger partial charge is 0.273 e. The molecule has 2 aromatic heterocycles. The molecule has 4 nitrogen and oxygen atoms in total. The van der Waals surface area contributed by atoms with Gasteiger partial charge in [-0.2, -0.15) is 0 Å². The van der Waals surface area contributed by atoms with Crippen LogP contribution < -0.4 is 5.32 Å². The maximum atomic E-state index is 12.2. The van der Waals surface area contributed by atoms with E-state index in [0.29, 0.717) is 16.5 Å². The summed E-state index contributed by atoms with van der Waals surface area (Å²) < 4.78 is 0. The minimum absolute atomic E-state index is 0.242. The largest absolute Gasteiger partial charge is 0.350 e. The summed E-state index contributed by atoms with van der Waals surface area (Å²) in [5.41, 5.74) is 2.33. The van der Waals surface area contributed by atoms with Gasteiger partial charge in [0.25, 0.3) is 5.91 Å². The summed E-state index contributed by atoms with van der Waals surface area (Å²) in [5.74, 6) is 0.277. The molecule has 0 spiro atoms. The first-order chi connectivity index (χ1) is 9.63. The molecule has 2 heterocycles. The van der Waals surface area contributed by atoms with Crippen molar-refractivity contribution in [3.8, 4) is 0 Å². The molecular weight excluding hydrogens is 274 g/mol. The molecule has 0 atom stereocenters. The van der Waals surface area contributed by atoms with Crippen molar-refractivity contribution < 1.29 is 4.79 Å². The Morgan fingerprint density at radius 1 is 1.30 bits per heavy atom. The average Bonchev–Trinajstić information content (AvgIpc) is 2.87. The lowest BCUT2D eigenvalue weighted by Crippen LogP contribution is -2.13. The Morgan fingerprint density at radius 2 is 2.15 bits per heavy atom. The molecule has 0 unspecified atom stereocenters. The molecule has 3 rings (SSSR count). The van der Waals surface area contributed by atoms with Crippen molar-refractivity contribution in [1.82, 2.24) is 9.97 Å². The van der Waals surface area contributed by atoms with Crippen molar-refractivity contribution in [2.75, 3.05) is 5.32 Å². The number of carbonyl (C=O) groups excluding carboxylic acids is 1. The van der Waals surface area contributed by atoms with Gasteiger partial charge in [0.15, 0.2) is 0 Å². The van der Waals surface area contributed by atoms with Gasteiger partial charge in [0, 0.05) is 22.1 Å². The van der Waals surface area contributed by atoms with Gasteiger partial charge in [-0.25, -0.2) is 4.98 Å². The molecule has 0 aliphatic carbocycles. The Balaban J connectivity index is 1.89. The first kappa shape index (κ1) is 12.7. The van der Waals surface area contributed by atoms with Gasteiger partial charge < -0.3 is 10.3 Å². The van der Waals surface area contributed by atoms with Crippen LogP contribution in [0.3, 0.4) is 0 Å². The Kier molecular flexibility index (Phi) is 3.16. The standard InChI is InChI=1S/C15H12ClN3O/c1-9-5-6-14(17-8-9)19-15(20)13-7-10-11(16)3-2-4-12(10)18-13/h2-8,18H,1H3,(H,17,19,20). The predicted octanol–water partition coefficient (Wildman–Crippen LogP) is 3.78. The van der Waals surface area contributed by atoms with Crippen molar-refractivity contribution in [1.29, 1.82) is 0 Å². The summed E-state index contributed by atoms with van der Waals surface area (Å²) in [4.78, 5) is 19.3. The van der Waals surface area contributed by atoms with Gasteiger partial charge in [0.2, 0.25) is 0 Å². The number of fused-ring (bicyclic) bond motifs is 1. The molecule has 3 aromatic rings. The molecule has 0 aliphatic heterocycles. The van der Waals surface area contributed by atoms with Gasteiger partial charge in [-0.05, 0) is 36.8 Å². The number of rotatable bonds is 2. The fourth-order valence-electron chi connectivity index (χ4n) is 1.97. The molecule has 0 saturated heterocycles. The summed E-state index contributed by atoms with van der Waals surface area (Å²) in [6, 6.07) is 10.9. The maximum Gasteiger partial charge on any atom is 0.273 e. The van der Waals surface area contributed by atoms with Crippen LogP contribution in [0, 0.1) is 6.92 Å². The van der Waals surface area contributed by atoms with E-state index in [-0.39, 0.29) is 5.91 Å². The fraction of sp³-hybridized carbons (Fsp3) is 0.0667. The number of hydrogen-bond donors (Lipinski definition) is 2. The Hall–Kier alpha value is -2.33. The van der Waals surface area contributed by atoms with Gasteiger partial charge in [-0.15, -0.1) is 0 Å². The van der Waals surface area contributed by atoms with Gasteiger partial charge in [0.1, 0.15) is 11.5 Å². The van der Waals surface area contributed by atoms with E-state index >= 15 is 0 Å². The summed E-state index contributed by atoms with van der Waals surface area (Å²) in [6.07, 6.45) is 1.71. The molecule has 0 bridgehead atoms. The van der Waals surface area contributed by atoms with Crippen molar-refractivity contribution in [3.05, 3.63) is 58.9 Å². The topological polar surface area (TPSA) is 57.8 Å². The third-order valence-corrected chi connectivity index (χ3v) is 3.34. The quantitative estimate of drug-likeness (QED) is 0.753. The molecule has 100 valence electrons. The van der Waals surface area contributed by atoms with Gasteiger partial charge in [0.05, 0.1) is 0 Å². The number of H-pyrrole nitrogens is 1. The number of aromatic nitrogens is 2. The molecule has 0 radical (unpaired) electrons. The van der Waals surface area contributed by atoms with Crippen LogP contribution in [0.5, 0.6) is 0 Å². The van der Waals surface area contributed by atoms with Crippen LogP contribution in [0.4, 0.5) is 5.82 Å².